The minimum absolute atomic E-state index is 0.0571. The van der Waals surface area contributed by atoms with Gasteiger partial charge in [-0.3, -0.25) is 0 Å². The summed E-state index contributed by atoms with van der Waals surface area (Å²) in [4.78, 5) is 10.8. The van der Waals surface area contributed by atoms with Crippen LogP contribution in [-0.2, 0) is 14.6 Å². The molecule has 0 unspecified atom stereocenters. The SMILES string of the molecule is CC(C)[C@@H]([NH2+][C@@H]1CCS(=O)(=O)C1)C(=O)[O-]. The first-order valence-electron chi connectivity index (χ1n) is 5.08. The third-order valence-corrected chi connectivity index (χ3v) is 4.53. The lowest BCUT2D eigenvalue weighted by Gasteiger charge is -2.22. The van der Waals surface area contributed by atoms with Crippen molar-refractivity contribution in [2.45, 2.75) is 32.4 Å². The number of nitrogens with two attached hydrogens (primary N) is 1. The highest BCUT2D eigenvalue weighted by Crippen LogP contribution is 2.08. The summed E-state index contributed by atoms with van der Waals surface area (Å²) in [7, 11) is -2.94. The van der Waals surface area contributed by atoms with E-state index >= 15 is 0 Å². The van der Waals surface area contributed by atoms with E-state index in [-0.39, 0.29) is 23.5 Å². The first-order chi connectivity index (χ1) is 6.82. The van der Waals surface area contributed by atoms with Crippen LogP contribution in [0.2, 0.25) is 0 Å². The molecule has 2 N–H and O–H groups in total. The Balaban J connectivity index is 2.58. The van der Waals surface area contributed by atoms with Crippen LogP contribution in [0.1, 0.15) is 20.3 Å². The van der Waals surface area contributed by atoms with E-state index in [0.717, 1.165) is 0 Å². The van der Waals surface area contributed by atoms with Crippen LogP contribution in [0.25, 0.3) is 0 Å². The molecule has 2 atom stereocenters. The number of hydrogen-bond acceptors (Lipinski definition) is 4. The summed E-state index contributed by atoms with van der Waals surface area (Å²) in [6.45, 7) is 3.58. The van der Waals surface area contributed by atoms with Crippen molar-refractivity contribution in [3.05, 3.63) is 0 Å². The molecule has 0 radical (unpaired) electrons. The molecule has 1 aliphatic heterocycles. The van der Waals surface area contributed by atoms with Crippen LogP contribution in [0.5, 0.6) is 0 Å². The van der Waals surface area contributed by atoms with Crippen LogP contribution in [0, 0.1) is 5.92 Å². The van der Waals surface area contributed by atoms with Gasteiger partial charge in [-0.2, -0.15) is 0 Å². The van der Waals surface area contributed by atoms with Crippen LogP contribution < -0.4 is 10.4 Å². The monoisotopic (exact) mass is 235 g/mol. The predicted octanol–water partition coefficient (Wildman–Crippen LogP) is -2.49. The number of rotatable bonds is 4. The summed E-state index contributed by atoms with van der Waals surface area (Å²) in [6.07, 6.45) is 0.541. The van der Waals surface area contributed by atoms with Gasteiger partial charge < -0.3 is 15.2 Å². The normalized spacial score (nSPS) is 26.7. The van der Waals surface area contributed by atoms with Crippen molar-refractivity contribution in [3.63, 3.8) is 0 Å². The molecule has 1 rings (SSSR count). The zero-order valence-corrected chi connectivity index (χ0v) is 9.79. The Morgan fingerprint density at radius 1 is 1.47 bits per heavy atom. The number of hydrogen-bond donors (Lipinski definition) is 1. The van der Waals surface area contributed by atoms with Gasteiger partial charge in [0.2, 0.25) is 0 Å². The fraction of sp³-hybridized carbons (Fsp3) is 0.889. The fourth-order valence-electron chi connectivity index (χ4n) is 1.84. The third-order valence-electron chi connectivity index (χ3n) is 2.74. The molecule has 1 fully saturated rings. The van der Waals surface area contributed by atoms with E-state index in [4.69, 9.17) is 0 Å². The molecular weight excluding hydrogens is 218 g/mol. The van der Waals surface area contributed by atoms with Gasteiger partial charge >= 0.3 is 0 Å². The molecule has 0 saturated carbocycles. The number of carbonyl (C=O) groups excluding carboxylic acids is 1. The van der Waals surface area contributed by atoms with Gasteiger partial charge in [0.25, 0.3) is 0 Å². The van der Waals surface area contributed by atoms with Crippen molar-refractivity contribution in [1.29, 1.82) is 0 Å². The standard InChI is InChI=1S/C9H17NO4S/c1-6(2)8(9(11)12)10-7-3-4-15(13,14)5-7/h6-8,10H,3-5H2,1-2H3,(H,11,12)/t7-,8-/m1/s1. The Morgan fingerprint density at radius 3 is 2.40 bits per heavy atom. The molecule has 0 aliphatic carbocycles. The van der Waals surface area contributed by atoms with E-state index in [1.807, 2.05) is 0 Å². The lowest BCUT2D eigenvalue weighted by atomic mass is 10.0. The second-order valence-corrected chi connectivity index (χ2v) is 6.67. The van der Waals surface area contributed by atoms with E-state index in [1.54, 1.807) is 19.2 Å². The maximum atomic E-state index is 11.2. The summed E-state index contributed by atoms with van der Waals surface area (Å²) in [5.41, 5.74) is 0. The number of quaternary nitrogens is 1. The second-order valence-electron chi connectivity index (χ2n) is 4.44. The number of sulfone groups is 1. The molecule has 0 spiro atoms. The zero-order valence-electron chi connectivity index (χ0n) is 8.97. The summed E-state index contributed by atoms with van der Waals surface area (Å²) in [6, 6.07) is -0.774. The van der Waals surface area contributed by atoms with Crippen LogP contribution in [0.15, 0.2) is 0 Å². The number of aliphatic carboxylic acids is 1. The Labute approximate surface area is 89.8 Å². The second kappa shape index (κ2) is 4.49. The van der Waals surface area contributed by atoms with Gasteiger partial charge in [-0.15, -0.1) is 0 Å². The lowest BCUT2D eigenvalue weighted by Crippen LogP contribution is -2.99. The van der Waals surface area contributed by atoms with Crippen molar-refractivity contribution in [1.82, 2.24) is 0 Å². The highest BCUT2D eigenvalue weighted by atomic mass is 32.2. The average molecular weight is 235 g/mol. The molecule has 0 aromatic carbocycles. The average Bonchev–Trinajstić information content (AvgIpc) is 2.40. The first-order valence-corrected chi connectivity index (χ1v) is 6.90. The van der Waals surface area contributed by atoms with Gasteiger partial charge in [0, 0.05) is 12.3 Å². The Bertz CT molecular complexity index is 336. The predicted molar refractivity (Wildman–Crippen MR) is 52.6 cm³/mol. The van der Waals surface area contributed by atoms with Gasteiger partial charge in [0.15, 0.2) is 9.84 Å². The summed E-state index contributed by atoms with van der Waals surface area (Å²) < 4.78 is 22.4. The molecule has 0 bridgehead atoms. The van der Waals surface area contributed by atoms with E-state index in [9.17, 15) is 18.3 Å². The Morgan fingerprint density at radius 2 is 2.07 bits per heavy atom. The minimum atomic E-state index is -2.94. The third kappa shape index (κ3) is 3.46. The van der Waals surface area contributed by atoms with Crippen molar-refractivity contribution < 1.29 is 23.6 Å². The molecule has 1 aliphatic rings. The van der Waals surface area contributed by atoms with Gasteiger partial charge in [0.1, 0.15) is 17.8 Å². The minimum Gasteiger partial charge on any atom is -0.544 e. The van der Waals surface area contributed by atoms with Crippen molar-refractivity contribution in [2.24, 2.45) is 5.92 Å². The maximum absolute atomic E-state index is 11.2. The van der Waals surface area contributed by atoms with E-state index in [2.05, 4.69) is 0 Å². The summed E-state index contributed by atoms with van der Waals surface area (Å²) in [5, 5.41) is 12.4. The van der Waals surface area contributed by atoms with Crippen LogP contribution in [-0.4, -0.2) is 38.0 Å². The number of carboxylic acids is 1. The van der Waals surface area contributed by atoms with Gasteiger partial charge in [0.05, 0.1) is 11.7 Å². The lowest BCUT2D eigenvalue weighted by molar-refractivity contribution is -0.715. The summed E-state index contributed by atoms with van der Waals surface area (Å²) >= 11 is 0. The van der Waals surface area contributed by atoms with E-state index in [0.29, 0.717) is 6.42 Å². The molecule has 0 aromatic rings. The van der Waals surface area contributed by atoms with Crippen molar-refractivity contribution in [3.8, 4) is 0 Å². The van der Waals surface area contributed by atoms with Crippen LogP contribution in [0.4, 0.5) is 0 Å². The molecule has 15 heavy (non-hydrogen) atoms. The number of carboxylic acid groups (broad SMARTS) is 1. The smallest absolute Gasteiger partial charge is 0.156 e. The molecular formula is C9H17NO4S. The zero-order chi connectivity index (χ0) is 11.6. The fourth-order valence-corrected chi connectivity index (χ4v) is 3.60. The van der Waals surface area contributed by atoms with Gasteiger partial charge in [-0.05, 0) is 0 Å². The molecule has 0 aromatic heterocycles. The Kier molecular flexibility index (Phi) is 3.72. The van der Waals surface area contributed by atoms with Crippen molar-refractivity contribution in [2.75, 3.05) is 11.5 Å². The summed E-state index contributed by atoms with van der Waals surface area (Å²) in [5.74, 6) is -0.914. The highest BCUT2D eigenvalue weighted by Gasteiger charge is 2.33. The first kappa shape index (κ1) is 12.4. The van der Waals surface area contributed by atoms with Crippen LogP contribution in [0.3, 0.4) is 0 Å². The largest absolute Gasteiger partial charge is 0.544 e. The van der Waals surface area contributed by atoms with E-state index in [1.165, 1.54) is 0 Å². The molecule has 88 valence electrons. The number of carbonyl (C=O) groups is 1. The van der Waals surface area contributed by atoms with Crippen molar-refractivity contribution >= 4 is 15.8 Å². The highest BCUT2D eigenvalue weighted by molar-refractivity contribution is 7.91. The molecule has 1 heterocycles. The molecule has 5 nitrogen and oxygen atoms in total. The maximum Gasteiger partial charge on any atom is 0.156 e. The Hall–Kier alpha value is -0.620. The van der Waals surface area contributed by atoms with E-state index < -0.39 is 21.8 Å². The molecule has 0 amide bonds. The molecule has 1 saturated heterocycles. The molecule has 6 heteroatoms. The van der Waals surface area contributed by atoms with Gasteiger partial charge in [-0.25, -0.2) is 8.42 Å². The van der Waals surface area contributed by atoms with Crippen LogP contribution >= 0.6 is 0 Å². The quantitative estimate of drug-likeness (QED) is 0.583. The topological polar surface area (TPSA) is 90.9 Å². The van der Waals surface area contributed by atoms with Gasteiger partial charge in [-0.1, -0.05) is 13.8 Å².